The topological polar surface area (TPSA) is 115 Å². The molecule has 2 rings (SSSR count). The second kappa shape index (κ2) is 3.68. The quantitative estimate of drug-likeness (QED) is 0.718. The highest BCUT2D eigenvalue weighted by atomic mass is 32.2. The van der Waals surface area contributed by atoms with Gasteiger partial charge in [0, 0.05) is 11.6 Å². The minimum atomic E-state index is -3.92. The van der Waals surface area contributed by atoms with Gasteiger partial charge in [0.25, 0.3) is 5.91 Å². The second-order valence-electron chi connectivity index (χ2n) is 2.81. The van der Waals surface area contributed by atoms with Crippen molar-refractivity contribution >= 4 is 33.2 Å². The average Bonchev–Trinajstić information content (AvgIpc) is 2.67. The van der Waals surface area contributed by atoms with Crippen molar-refractivity contribution in [3.63, 3.8) is 0 Å². The summed E-state index contributed by atoms with van der Waals surface area (Å²) in [6.45, 7) is 0. The monoisotopic (exact) mass is 258 g/mol. The summed E-state index contributed by atoms with van der Waals surface area (Å²) < 4.78 is 28.0. The molecular weight excluding hydrogens is 252 g/mol. The van der Waals surface area contributed by atoms with E-state index < -0.39 is 16.1 Å². The highest BCUT2D eigenvalue weighted by molar-refractivity contribution is 7.88. The molecule has 0 atom stereocenters. The van der Waals surface area contributed by atoms with Crippen molar-refractivity contribution in [3.05, 3.63) is 28.4 Å². The van der Waals surface area contributed by atoms with Gasteiger partial charge in [-0.1, -0.05) is 0 Å². The van der Waals surface area contributed by atoms with Crippen molar-refractivity contribution in [2.75, 3.05) is 0 Å². The van der Waals surface area contributed by atoms with Crippen LogP contribution in [0.1, 0.15) is 5.01 Å². The SMILES string of the molecule is NC(=O)C1=CC(c2nccs2)=NS(=O)(=O)N1. The molecule has 0 aromatic carbocycles. The van der Waals surface area contributed by atoms with E-state index in [9.17, 15) is 13.2 Å². The van der Waals surface area contributed by atoms with Gasteiger partial charge in [0.2, 0.25) is 0 Å². The van der Waals surface area contributed by atoms with Crippen molar-refractivity contribution < 1.29 is 13.2 Å². The summed E-state index contributed by atoms with van der Waals surface area (Å²) >= 11 is 1.21. The number of nitrogens with two attached hydrogens (primary N) is 1. The molecule has 0 saturated heterocycles. The molecule has 1 aromatic rings. The molecule has 3 N–H and O–H groups in total. The zero-order valence-corrected chi connectivity index (χ0v) is 9.38. The Morgan fingerprint density at radius 3 is 2.81 bits per heavy atom. The number of primary amides is 1. The van der Waals surface area contributed by atoms with Crippen LogP contribution in [-0.2, 0) is 15.0 Å². The molecule has 2 heterocycles. The first-order valence-corrected chi connectivity index (χ1v) is 6.34. The Balaban J connectivity index is 2.52. The number of carbonyl (C=O) groups is 1. The van der Waals surface area contributed by atoms with Crippen LogP contribution in [0.5, 0.6) is 0 Å². The Hall–Kier alpha value is -1.74. The summed E-state index contributed by atoms with van der Waals surface area (Å²) in [5.41, 5.74) is 4.88. The van der Waals surface area contributed by atoms with Crippen LogP contribution in [0.25, 0.3) is 0 Å². The first-order chi connectivity index (χ1) is 7.48. The summed E-state index contributed by atoms with van der Waals surface area (Å²) in [4.78, 5) is 14.8. The molecule has 1 aliphatic rings. The van der Waals surface area contributed by atoms with E-state index in [4.69, 9.17) is 5.73 Å². The highest BCUT2D eigenvalue weighted by Crippen LogP contribution is 2.13. The van der Waals surface area contributed by atoms with Crippen LogP contribution in [0.2, 0.25) is 0 Å². The second-order valence-corrected chi connectivity index (χ2v) is 5.04. The lowest BCUT2D eigenvalue weighted by Crippen LogP contribution is -2.34. The minimum absolute atomic E-state index is 0.0996. The molecule has 0 saturated carbocycles. The molecule has 0 bridgehead atoms. The van der Waals surface area contributed by atoms with Crippen LogP contribution < -0.4 is 10.5 Å². The maximum atomic E-state index is 11.3. The molecule has 9 heteroatoms. The lowest BCUT2D eigenvalue weighted by molar-refractivity contribution is -0.114. The maximum Gasteiger partial charge on any atom is 0.343 e. The minimum Gasteiger partial charge on any atom is -0.364 e. The van der Waals surface area contributed by atoms with Gasteiger partial charge in [0.05, 0.1) is 0 Å². The number of nitrogens with zero attached hydrogens (tertiary/aromatic N) is 2. The van der Waals surface area contributed by atoms with Crippen molar-refractivity contribution in [2.24, 2.45) is 10.1 Å². The Bertz CT molecular complexity index is 585. The van der Waals surface area contributed by atoms with Gasteiger partial charge in [-0.2, -0.15) is 8.42 Å². The number of carbonyl (C=O) groups excluding carboxylic acids is 1. The maximum absolute atomic E-state index is 11.3. The summed E-state index contributed by atoms with van der Waals surface area (Å²) in [6.07, 6.45) is 2.76. The summed E-state index contributed by atoms with van der Waals surface area (Å²) in [5, 5.41) is 2.08. The molecule has 0 fully saturated rings. The summed E-state index contributed by atoms with van der Waals surface area (Å²) in [6, 6.07) is 0. The molecule has 84 valence electrons. The van der Waals surface area contributed by atoms with E-state index in [2.05, 4.69) is 9.38 Å². The van der Waals surface area contributed by atoms with Gasteiger partial charge in [-0.15, -0.1) is 15.7 Å². The number of allylic oxidation sites excluding steroid dienone is 1. The number of nitrogens with one attached hydrogen (secondary N) is 1. The molecule has 1 aromatic heterocycles. The predicted octanol–water partition coefficient (Wildman–Crippen LogP) is -0.851. The lowest BCUT2D eigenvalue weighted by Gasteiger charge is -2.11. The van der Waals surface area contributed by atoms with Crippen LogP contribution in [-0.4, -0.2) is 25.0 Å². The number of thiazole rings is 1. The van der Waals surface area contributed by atoms with Crippen molar-refractivity contribution in [1.82, 2.24) is 9.71 Å². The van der Waals surface area contributed by atoms with E-state index in [1.807, 2.05) is 4.72 Å². The first-order valence-electron chi connectivity index (χ1n) is 4.02. The Kier molecular flexibility index (Phi) is 2.48. The van der Waals surface area contributed by atoms with Gasteiger partial charge >= 0.3 is 10.2 Å². The van der Waals surface area contributed by atoms with E-state index >= 15 is 0 Å². The molecule has 0 radical (unpaired) electrons. The van der Waals surface area contributed by atoms with Gasteiger partial charge in [-0.3, -0.25) is 9.52 Å². The van der Waals surface area contributed by atoms with Crippen LogP contribution in [0.4, 0.5) is 0 Å². The molecule has 0 spiro atoms. The van der Waals surface area contributed by atoms with Crippen molar-refractivity contribution in [1.29, 1.82) is 0 Å². The predicted molar refractivity (Wildman–Crippen MR) is 58.0 cm³/mol. The lowest BCUT2D eigenvalue weighted by atomic mass is 10.3. The standard InChI is InChI=1S/C7H6N4O3S2/c8-6(12)4-3-5(7-9-1-2-15-7)11-16(13,14)10-4/h1-3,10H,(H2,8,12). The number of hydrogen-bond acceptors (Lipinski definition) is 5. The molecule has 7 nitrogen and oxygen atoms in total. The highest BCUT2D eigenvalue weighted by Gasteiger charge is 2.22. The van der Waals surface area contributed by atoms with Crippen LogP contribution >= 0.6 is 11.3 Å². The number of rotatable bonds is 2. The molecular formula is C7H6N4O3S2. The van der Waals surface area contributed by atoms with E-state index in [0.29, 0.717) is 5.01 Å². The largest absolute Gasteiger partial charge is 0.364 e. The molecule has 0 unspecified atom stereocenters. The van der Waals surface area contributed by atoms with E-state index in [1.54, 1.807) is 5.38 Å². The third-order valence-corrected chi connectivity index (χ3v) is 3.37. The Morgan fingerprint density at radius 2 is 2.25 bits per heavy atom. The first kappa shape index (κ1) is 10.8. The molecule has 16 heavy (non-hydrogen) atoms. The smallest absolute Gasteiger partial charge is 0.343 e. The fourth-order valence-electron chi connectivity index (χ4n) is 1.06. The van der Waals surface area contributed by atoms with Gasteiger partial charge in [-0.05, 0) is 6.08 Å². The third kappa shape index (κ3) is 2.09. The van der Waals surface area contributed by atoms with Gasteiger partial charge in [0.1, 0.15) is 16.4 Å². The zero-order chi connectivity index (χ0) is 11.8. The average molecular weight is 258 g/mol. The fourth-order valence-corrected chi connectivity index (χ4v) is 2.59. The Morgan fingerprint density at radius 1 is 1.50 bits per heavy atom. The molecule has 0 aliphatic carbocycles. The van der Waals surface area contributed by atoms with E-state index in [-0.39, 0.29) is 11.4 Å². The van der Waals surface area contributed by atoms with Crippen LogP contribution in [0.3, 0.4) is 0 Å². The summed E-state index contributed by atoms with van der Waals surface area (Å²) in [5.74, 6) is -0.868. The van der Waals surface area contributed by atoms with Crippen molar-refractivity contribution in [3.8, 4) is 0 Å². The van der Waals surface area contributed by atoms with Gasteiger partial charge in [0.15, 0.2) is 0 Å². The van der Waals surface area contributed by atoms with Crippen molar-refractivity contribution in [2.45, 2.75) is 0 Å². The van der Waals surface area contributed by atoms with Crippen LogP contribution in [0.15, 0.2) is 27.7 Å². The number of aromatic nitrogens is 1. The zero-order valence-electron chi connectivity index (χ0n) is 7.75. The number of amides is 1. The normalized spacial score (nSPS) is 18.2. The van der Waals surface area contributed by atoms with E-state index in [1.165, 1.54) is 23.6 Å². The Labute approximate surface area is 94.9 Å². The summed E-state index contributed by atoms with van der Waals surface area (Å²) in [7, 11) is -3.92. The number of hydrogen-bond donors (Lipinski definition) is 2. The van der Waals surface area contributed by atoms with Gasteiger partial charge in [-0.25, -0.2) is 4.98 Å². The third-order valence-electron chi connectivity index (χ3n) is 1.66. The van der Waals surface area contributed by atoms with Crippen LogP contribution in [0, 0.1) is 0 Å². The molecule has 1 amide bonds. The van der Waals surface area contributed by atoms with Gasteiger partial charge < -0.3 is 5.73 Å². The molecule has 1 aliphatic heterocycles. The fraction of sp³-hybridized carbons (Fsp3) is 0. The van der Waals surface area contributed by atoms with E-state index in [0.717, 1.165) is 0 Å².